The number of halogens is 1. The van der Waals surface area contributed by atoms with Gasteiger partial charge in [-0.25, -0.2) is 4.79 Å². The average molecular weight is 430 g/mol. The molecule has 0 fully saturated rings. The van der Waals surface area contributed by atoms with E-state index in [9.17, 15) is 4.79 Å². The van der Waals surface area contributed by atoms with Crippen molar-refractivity contribution in [1.29, 1.82) is 0 Å². The SMILES string of the molecule is O=c1cc(-c2ccccc2)c2ccc(OCc3nncn3-c3ccc(Cl)cc3)cc2o1. The molecule has 2 aromatic heterocycles. The topological polar surface area (TPSA) is 70.2 Å². The number of rotatable bonds is 5. The molecule has 3 aromatic carbocycles. The quantitative estimate of drug-likeness (QED) is 0.356. The van der Waals surface area contributed by atoms with Crippen LogP contribution >= 0.6 is 11.6 Å². The van der Waals surface area contributed by atoms with Crippen molar-refractivity contribution < 1.29 is 9.15 Å². The zero-order valence-corrected chi connectivity index (χ0v) is 17.0. The smallest absolute Gasteiger partial charge is 0.336 e. The monoisotopic (exact) mass is 429 g/mol. The summed E-state index contributed by atoms with van der Waals surface area (Å²) in [5.41, 5.74) is 2.70. The molecule has 6 nitrogen and oxygen atoms in total. The molecule has 152 valence electrons. The van der Waals surface area contributed by atoms with Crippen molar-refractivity contribution in [3.05, 3.63) is 106 Å². The molecule has 2 heterocycles. The highest BCUT2D eigenvalue weighted by Crippen LogP contribution is 2.29. The lowest BCUT2D eigenvalue weighted by molar-refractivity contribution is 0.293. The summed E-state index contributed by atoms with van der Waals surface area (Å²) in [5, 5.41) is 9.61. The first kappa shape index (κ1) is 19.1. The van der Waals surface area contributed by atoms with Gasteiger partial charge in [0, 0.05) is 28.2 Å². The van der Waals surface area contributed by atoms with Gasteiger partial charge in [-0.2, -0.15) is 0 Å². The molecule has 0 bridgehead atoms. The molecule has 0 unspecified atom stereocenters. The summed E-state index contributed by atoms with van der Waals surface area (Å²) in [5.74, 6) is 1.19. The number of ether oxygens (including phenoxy) is 1. The van der Waals surface area contributed by atoms with Gasteiger partial charge < -0.3 is 9.15 Å². The van der Waals surface area contributed by atoms with E-state index < -0.39 is 5.63 Å². The fourth-order valence-electron chi connectivity index (χ4n) is 3.41. The minimum absolute atomic E-state index is 0.191. The van der Waals surface area contributed by atoms with Crippen LogP contribution in [0.15, 0.2) is 94.4 Å². The van der Waals surface area contributed by atoms with Crippen LogP contribution in [0.3, 0.4) is 0 Å². The molecular formula is C24H16ClN3O3. The highest BCUT2D eigenvalue weighted by Gasteiger charge is 2.11. The standard InChI is InChI=1S/C24H16ClN3O3/c25-17-6-8-18(9-7-17)28-15-26-27-23(28)14-30-19-10-11-20-21(16-4-2-1-3-5-16)13-24(29)31-22(20)12-19/h1-13,15H,14H2. The van der Waals surface area contributed by atoms with Crippen LogP contribution in [-0.2, 0) is 6.61 Å². The Morgan fingerprint density at radius 1 is 0.968 bits per heavy atom. The number of hydrogen-bond acceptors (Lipinski definition) is 5. The third kappa shape index (κ3) is 3.93. The Morgan fingerprint density at radius 3 is 2.58 bits per heavy atom. The van der Waals surface area contributed by atoms with Crippen LogP contribution in [0.1, 0.15) is 5.82 Å². The third-order valence-electron chi connectivity index (χ3n) is 4.89. The molecule has 0 spiro atoms. The van der Waals surface area contributed by atoms with E-state index in [4.69, 9.17) is 20.8 Å². The highest BCUT2D eigenvalue weighted by atomic mass is 35.5. The van der Waals surface area contributed by atoms with Gasteiger partial charge in [0.2, 0.25) is 0 Å². The Morgan fingerprint density at radius 2 is 1.77 bits per heavy atom. The molecule has 0 radical (unpaired) electrons. The summed E-state index contributed by atoms with van der Waals surface area (Å²) in [4.78, 5) is 12.1. The zero-order chi connectivity index (χ0) is 21.2. The molecule has 5 aromatic rings. The van der Waals surface area contributed by atoms with Crippen LogP contribution in [0.4, 0.5) is 0 Å². The second kappa shape index (κ2) is 8.08. The molecule has 7 heteroatoms. The number of nitrogens with zero attached hydrogens (tertiary/aromatic N) is 3. The van der Waals surface area contributed by atoms with Crippen molar-refractivity contribution in [3.63, 3.8) is 0 Å². The van der Waals surface area contributed by atoms with Gasteiger partial charge >= 0.3 is 5.63 Å². The van der Waals surface area contributed by atoms with Crippen molar-refractivity contribution >= 4 is 22.6 Å². The van der Waals surface area contributed by atoms with E-state index in [2.05, 4.69) is 10.2 Å². The Bertz CT molecular complexity index is 1410. The summed E-state index contributed by atoms with van der Waals surface area (Å²) in [6, 6.07) is 24.0. The van der Waals surface area contributed by atoms with E-state index in [1.165, 1.54) is 6.07 Å². The van der Waals surface area contributed by atoms with E-state index in [-0.39, 0.29) is 6.61 Å². The first-order valence-electron chi connectivity index (χ1n) is 9.58. The third-order valence-corrected chi connectivity index (χ3v) is 5.14. The maximum Gasteiger partial charge on any atom is 0.336 e. The van der Waals surface area contributed by atoms with E-state index in [1.807, 2.05) is 59.2 Å². The normalized spacial score (nSPS) is 11.0. The summed E-state index contributed by atoms with van der Waals surface area (Å²) in [6.45, 7) is 0.191. The number of hydrogen-bond donors (Lipinski definition) is 0. The first-order chi connectivity index (χ1) is 15.2. The Hall–Kier alpha value is -3.90. The fraction of sp³-hybridized carbons (Fsp3) is 0.0417. The van der Waals surface area contributed by atoms with Crippen LogP contribution in [0.25, 0.3) is 27.8 Å². The molecular weight excluding hydrogens is 414 g/mol. The van der Waals surface area contributed by atoms with Gasteiger partial charge in [-0.3, -0.25) is 4.57 Å². The van der Waals surface area contributed by atoms with E-state index in [0.29, 0.717) is 22.2 Å². The predicted octanol–water partition coefficient (Wildman–Crippen LogP) is 5.27. The van der Waals surface area contributed by atoms with Crippen molar-refractivity contribution in [2.24, 2.45) is 0 Å². The van der Waals surface area contributed by atoms with Crippen molar-refractivity contribution in [2.45, 2.75) is 6.61 Å². The van der Waals surface area contributed by atoms with Crippen molar-refractivity contribution in [3.8, 4) is 22.6 Å². The first-order valence-corrected chi connectivity index (χ1v) is 9.96. The number of benzene rings is 3. The highest BCUT2D eigenvalue weighted by molar-refractivity contribution is 6.30. The summed E-state index contributed by atoms with van der Waals surface area (Å²) < 4.78 is 13.2. The lowest BCUT2D eigenvalue weighted by atomic mass is 10.0. The Balaban J connectivity index is 1.43. The molecule has 0 amide bonds. The molecule has 0 atom stereocenters. The minimum atomic E-state index is -0.411. The van der Waals surface area contributed by atoms with Gasteiger partial charge in [0.25, 0.3) is 0 Å². The predicted molar refractivity (Wildman–Crippen MR) is 119 cm³/mol. The van der Waals surface area contributed by atoms with Gasteiger partial charge in [-0.15, -0.1) is 10.2 Å². The van der Waals surface area contributed by atoms with Gasteiger partial charge in [-0.05, 0) is 47.5 Å². The van der Waals surface area contributed by atoms with E-state index in [0.717, 1.165) is 22.2 Å². The molecule has 31 heavy (non-hydrogen) atoms. The molecule has 0 N–H and O–H groups in total. The Labute approximate surface area is 182 Å². The molecule has 0 saturated carbocycles. The molecule has 0 saturated heterocycles. The summed E-state index contributed by atoms with van der Waals surface area (Å²) >= 11 is 5.97. The molecule has 0 aliphatic carbocycles. The maximum atomic E-state index is 12.1. The van der Waals surface area contributed by atoms with Crippen molar-refractivity contribution in [1.82, 2.24) is 14.8 Å². The van der Waals surface area contributed by atoms with E-state index >= 15 is 0 Å². The van der Waals surface area contributed by atoms with Crippen molar-refractivity contribution in [2.75, 3.05) is 0 Å². The Kier molecular flexibility index (Phi) is 4.98. The van der Waals surface area contributed by atoms with Crippen LogP contribution in [-0.4, -0.2) is 14.8 Å². The largest absolute Gasteiger partial charge is 0.485 e. The lowest BCUT2D eigenvalue weighted by Crippen LogP contribution is -2.05. The van der Waals surface area contributed by atoms with Crippen LogP contribution in [0.5, 0.6) is 5.75 Å². The van der Waals surface area contributed by atoms with Gasteiger partial charge in [0.1, 0.15) is 24.3 Å². The summed E-state index contributed by atoms with van der Waals surface area (Å²) in [6.07, 6.45) is 1.62. The minimum Gasteiger partial charge on any atom is -0.485 e. The number of fused-ring (bicyclic) bond motifs is 1. The zero-order valence-electron chi connectivity index (χ0n) is 16.2. The average Bonchev–Trinajstić information content (AvgIpc) is 3.26. The van der Waals surface area contributed by atoms with Crippen LogP contribution in [0, 0.1) is 0 Å². The fourth-order valence-corrected chi connectivity index (χ4v) is 3.54. The molecule has 5 rings (SSSR count). The molecule has 0 aliphatic heterocycles. The molecule has 0 aliphatic rings. The van der Waals surface area contributed by atoms with Crippen LogP contribution < -0.4 is 10.4 Å². The summed E-state index contributed by atoms with van der Waals surface area (Å²) in [7, 11) is 0. The van der Waals surface area contributed by atoms with E-state index in [1.54, 1.807) is 24.5 Å². The maximum absolute atomic E-state index is 12.1. The van der Waals surface area contributed by atoms with Gasteiger partial charge in [0.05, 0.1) is 0 Å². The van der Waals surface area contributed by atoms with Crippen LogP contribution in [0.2, 0.25) is 5.02 Å². The second-order valence-corrected chi connectivity index (χ2v) is 7.32. The van der Waals surface area contributed by atoms with Gasteiger partial charge in [-0.1, -0.05) is 41.9 Å². The lowest BCUT2D eigenvalue weighted by Gasteiger charge is -2.10. The number of aromatic nitrogens is 3. The second-order valence-electron chi connectivity index (χ2n) is 6.89. The van der Waals surface area contributed by atoms with Gasteiger partial charge in [0.15, 0.2) is 5.82 Å².